The Morgan fingerprint density at radius 1 is 1.29 bits per heavy atom. The highest BCUT2D eigenvalue weighted by Crippen LogP contribution is 2.31. The molecule has 0 bridgehead atoms. The van der Waals surface area contributed by atoms with Gasteiger partial charge >= 0.3 is 0 Å². The van der Waals surface area contributed by atoms with Gasteiger partial charge in [-0.25, -0.2) is 13.8 Å². The van der Waals surface area contributed by atoms with E-state index in [0.717, 1.165) is 16.8 Å². The molecule has 0 spiro atoms. The molecule has 21 heavy (non-hydrogen) atoms. The van der Waals surface area contributed by atoms with Gasteiger partial charge in [-0.15, -0.1) is 11.3 Å². The first-order valence-corrected chi connectivity index (χ1v) is 7.85. The molecule has 1 aromatic heterocycles. The second-order valence-electron chi connectivity index (χ2n) is 5.95. The van der Waals surface area contributed by atoms with Crippen molar-refractivity contribution in [3.8, 4) is 0 Å². The maximum atomic E-state index is 14.1. The normalized spacial score (nSPS) is 13.4. The number of rotatable bonds is 4. The van der Waals surface area contributed by atoms with Crippen molar-refractivity contribution >= 4 is 11.3 Å². The molecule has 114 valence electrons. The Kier molecular flexibility index (Phi) is 4.74. The summed E-state index contributed by atoms with van der Waals surface area (Å²) in [5.74, 6) is -1.64. The Bertz CT molecular complexity index is 617. The van der Waals surface area contributed by atoms with Crippen LogP contribution in [-0.2, 0) is 5.41 Å². The summed E-state index contributed by atoms with van der Waals surface area (Å²) in [6.07, 6.45) is 0. The molecule has 1 N–H and O–H groups in total. The van der Waals surface area contributed by atoms with Crippen LogP contribution in [0.2, 0.25) is 0 Å². The number of aromatic nitrogens is 1. The summed E-state index contributed by atoms with van der Waals surface area (Å²) >= 11 is 1.47. The molecule has 2 nitrogen and oxygen atoms in total. The molecule has 2 rings (SSSR count). The Labute approximate surface area is 128 Å². The second kappa shape index (κ2) is 6.20. The fourth-order valence-electron chi connectivity index (χ4n) is 2.04. The minimum absolute atomic E-state index is 0.0635. The van der Waals surface area contributed by atoms with Crippen molar-refractivity contribution in [1.29, 1.82) is 0 Å². The van der Waals surface area contributed by atoms with E-state index < -0.39 is 17.7 Å². The van der Waals surface area contributed by atoms with Gasteiger partial charge in [0.15, 0.2) is 11.6 Å². The lowest BCUT2D eigenvalue weighted by Crippen LogP contribution is -2.23. The molecule has 1 unspecified atom stereocenters. The van der Waals surface area contributed by atoms with Gasteiger partial charge in [0.05, 0.1) is 11.7 Å². The predicted octanol–water partition coefficient (Wildman–Crippen LogP) is 4.42. The standard InChI is InChI=1S/C16H20F2N2S/c1-5-19-14(10-7-6-8-11(17)13(10)18)15-20-12(9-21-15)16(2,3)4/h6-9,14,19H,5H2,1-4H3. The highest BCUT2D eigenvalue weighted by molar-refractivity contribution is 7.09. The summed E-state index contributed by atoms with van der Waals surface area (Å²) in [4.78, 5) is 4.61. The predicted molar refractivity (Wildman–Crippen MR) is 82.7 cm³/mol. The van der Waals surface area contributed by atoms with Crippen LogP contribution >= 0.6 is 11.3 Å². The maximum absolute atomic E-state index is 14.1. The molecular weight excluding hydrogens is 290 g/mol. The first kappa shape index (κ1) is 16.0. The lowest BCUT2D eigenvalue weighted by Gasteiger charge is -2.18. The van der Waals surface area contributed by atoms with Gasteiger partial charge in [-0.05, 0) is 12.6 Å². The highest BCUT2D eigenvalue weighted by atomic mass is 32.1. The zero-order chi connectivity index (χ0) is 15.6. The monoisotopic (exact) mass is 310 g/mol. The van der Waals surface area contributed by atoms with E-state index in [4.69, 9.17) is 0 Å². The van der Waals surface area contributed by atoms with E-state index in [1.54, 1.807) is 6.07 Å². The van der Waals surface area contributed by atoms with E-state index in [2.05, 4.69) is 31.1 Å². The van der Waals surface area contributed by atoms with Crippen LogP contribution in [-0.4, -0.2) is 11.5 Å². The molecule has 5 heteroatoms. The Hall–Kier alpha value is -1.33. The molecule has 0 amide bonds. The summed E-state index contributed by atoms with van der Waals surface area (Å²) in [5, 5.41) is 5.93. The topological polar surface area (TPSA) is 24.9 Å². The maximum Gasteiger partial charge on any atom is 0.164 e. The number of nitrogens with zero attached hydrogens (tertiary/aromatic N) is 1. The van der Waals surface area contributed by atoms with Crippen molar-refractivity contribution in [2.75, 3.05) is 6.54 Å². The van der Waals surface area contributed by atoms with E-state index in [-0.39, 0.29) is 5.41 Å². The number of hydrogen-bond acceptors (Lipinski definition) is 3. The SMILES string of the molecule is CCNC(c1nc(C(C)(C)C)cs1)c1cccc(F)c1F. The number of benzene rings is 1. The number of halogens is 2. The van der Waals surface area contributed by atoms with Crippen molar-refractivity contribution in [3.05, 3.63) is 51.5 Å². The summed E-state index contributed by atoms with van der Waals surface area (Å²) in [5.41, 5.74) is 1.19. The minimum atomic E-state index is -0.831. The van der Waals surface area contributed by atoms with E-state index in [0.29, 0.717) is 12.1 Å². The summed E-state index contributed by atoms with van der Waals surface area (Å²) in [7, 11) is 0. The molecule has 0 aliphatic carbocycles. The van der Waals surface area contributed by atoms with E-state index in [9.17, 15) is 8.78 Å². The van der Waals surface area contributed by atoms with Crippen molar-refractivity contribution in [3.63, 3.8) is 0 Å². The number of hydrogen-bond donors (Lipinski definition) is 1. The van der Waals surface area contributed by atoms with Gasteiger partial charge in [-0.3, -0.25) is 0 Å². The summed E-state index contributed by atoms with van der Waals surface area (Å²) in [6, 6.07) is 3.83. The molecule has 1 aromatic carbocycles. The largest absolute Gasteiger partial charge is 0.304 e. The third-order valence-electron chi connectivity index (χ3n) is 3.24. The first-order chi connectivity index (χ1) is 9.84. The molecule has 0 aliphatic heterocycles. The fourth-order valence-corrected chi connectivity index (χ4v) is 3.18. The van der Waals surface area contributed by atoms with Crippen LogP contribution in [0.1, 0.15) is 50.0 Å². The van der Waals surface area contributed by atoms with Crippen LogP contribution < -0.4 is 5.32 Å². The van der Waals surface area contributed by atoms with Gasteiger partial charge in [0.1, 0.15) is 5.01 Å². The molecule has 1 heterocycles. The quantitative estimate of drug-likeness (QED) is 0.904. The van der Waals surface area contributed by atoms with Crippen LogP contribution in [0.3, 0.4) is 0 Å². The van der Waals surface area contributed by atoms with Crippen LogP contribution in [0.4, 0.5) is 8.78 Å². The molecule has 0 saturated carbocycles. The Morgan fingerprint density at radius 2 is 2.00 bits per heavy atom. The van der Waals surface area contributed by atoms with Crippen molar-refractivity contribution in [2.45, 2.75) is 39.2 Å². The van der Waals surface area contributed by atoms with Gasteiger partial charge in [-0.1, -0.05) is 39.8 Å². The summed E-state index contributed by atoms with van der Waals surface area (Å²) in [6.45, 7) is 8.82. The molecular formula is C16H20F2N2S. The lowest BCUT2D eigenvalue weighted by molar-refractivity contribution is 0.481. The van der Waals surface area contributed by atoms with Crippen molar-refractivity contribution in [2.24, 2.45) is 0 Å². The van der Waals surface area contributed by atoms with E-state index in [1.807, 2.05) is 12.3 Å². The molecule has 1 atom stereocenters. The zero-order valence-electron chi connectivity index (χ0n) is 12.7. The average Bonchev–Trinajstić information content (AvgIpc) is 2.89. The van der Waals surface area contributed by atoms with E-state index >= 15 is 0 Å². The number of nitrogens with one attached hydrogen (secondary N) is 1. The summed E-state index contributed by atoms with van der Waals surface area (Å²) < 4.78 is 27.5. The Balaban J connectivity index is 2.44. The molecule has 0 aliphatic rings. The van der Waals surface area contributed by atoms with Crippen molar-refractivity contribution in [1.82, 2.24) is 10.3 Å². The van der Waals surface area contributed by atoms with Crippen molar-refractivity contribution < 1.29 is 8.78 Å². The van der Waals surface area contributed by atoms with Crippen LogP contribution in [0.5, 0.6) is 0 Å². The zero-order valence-corrected chi connectivity index (χ0v) is 13.5. The van der Waals surface area contributed by atoms with Gasteiger partial charge in [0, 0.05) is 16.4 Å². The van der Waals surface area contributed by atoms with Crippen LogP contribution in [0.25, 0.3) is 0 Å². The van der Waals surface area contributed by atoms with Gasteiger partial charge in [0.2, 0.25) is 0 Å². The average molecular weight is 310 g/mol. The van der Waals surface area contributed by atoms with Crippen LogP contribution in [0.15, 0.2) is 23.6 Å². The Morgan fingerprint density at radius 3 is 2.57 bits per heavy atom. The van der Waals surface area contributed by atoms with Gasteiger partial charge in [0.25, 0.3) is 0 Å². The third kappa shape index (κ3) is 3.47. The van der Waals surface area contributed by atoms with E-state index in [1.165, 1.54) is 17.4 Å². The smallest absolute Gasteiger partial charge is 0.164 e. The van der Waals surface area contributed by atoms with Gasteiger partial charge < -0.3 is 5.32 Å². The minimum Gasteiger partial charge on any atom is -0.304 e. The third-order valence-corrected chi connectivity index (χ3v) is 4.15. The molecule has 2 aromatic rings. The fraction of sp³-hybridized carbons (Fsp3) is 0.438. The molecule has 0 saturated heterocycles. The molecule has 0 radical (unpaired) electrons. The lowest BCUT2D eigenvalue weighted by atomic mass is 9.93. The second-order valence-corrected chi connectivity index (χ2v) is 6.84. The number of thiazole rings is 1. The van der Waals surface area contributed by atoms with Crippen LogP contribution in [0, 0.1) is 11.6 Å². The molecule has 0 fully saturated rings. The van der Waals surface area contributed by atoms with Gasteiger partial charge in [-0.2, -0.15) is 0 Å². The first-order valence-electron chi connectivity index (χ1n) is 6.97. The highest BCUT2D eigenvalue weighted by Gasteiger charge is 2.24.